The molecule has 7 heteroatoms. The highest BCUT2D eigenvalue weighted by atomic mass is 19.1. The molecule has 2 amide bonds. The number of nitrogen functional groups attached to an aromatic ring is 1. The van der Waals surface area contributed by atoms with E-state index in [-0.39, 0.29) is 36.5 Å². The Hall–Kier alpha value is -2.44. The van der Waals surface area contributed by atoms with Crippen LogP contribution < -0.4 is 11.1 Å². The zero-order chi connectivity index (χ0) is 17.6. The van der Waals surface area contributed by atoms with E-state index in [9.17, 15) is 18.8 Å². The molecule has 6 nitrogen and oxygen atoms in total. The Morgan fingerprint density at radius 2 is 2.13 bits per heavy atom. The average molecular weight is 323 g/mol. The number of carbonyl (C=O) groups is 3. The third-order valence-electron chi connectivity index (χ3n) is 3.55. The summed E-state index contributed by atoms with van der Waals surface area (Å²) >= 11 is 0. The number of carbonyl (C=O) groups excluding carboxylic acids is 3. The number of fused-ring (bicyclic) bond motifs is 1. The van der Waals surface area contributed by atoms with Gasteiger partial charge in [-0.15, -0.1) is 0 Å². The fraction of sp³-hybridized carbons (Fsp3) is 0.438. The van der Waals surface area contributed by atoms with E-state index in [2.05, 4.69) is 5.32 Å². The molecular formula is C16H22FN3O3. The highest BCUT2D eigenvalue weighted by molar-refractivity contribution is 6.02. The number of nitrogens with two attached hydrogens (primary N) is 1. The zero-order valence-corrected chi connectivity index (χ0v) is 13.6. The molecule has 1 unspecified atom stereocenters. The van der Waals surface area contributed by atoms with Gasteiger partial charge < -0.3 is 20.7 Å². The van der Waals surface area contributed by atoms with Crippen molar-refractivity contribution >= 4 is 23.8 Å². The number of halogens is 1. The van der Waals surface area contributed by atoms with Gasteiger partial charge in [0.15, 0.2) is 0 Å². The predicted molar refractivity (Wildman–Crippen MR) is 85.2 cm³/mol. The van der Waals surface area contributed by atoms with Crippen molar-refractivity contribution in [2.24, 2.45) is 0 Å². The van der Waals surface area contributed by atoms with Gasteiger partial charge in [0.1, 0.15) is 18.1 Å². The average Bonchev–Trinajstić information content (AvgIpc) is 2.87. The maximum atomic E-state index is 13.4. The van der Waals surface area contributed by atoms with Crippen molar-refractivity contribution in [1.29, 1.82) is 0 Å². The molecule has 0 radical (unpaired) electrons. The lowest BCUT2D eigenvalue weighted by Gasteiger charge is -2.25. The molecule has 0 aliphatic carbocycles. The van der Waals surface area contributed by atoms with Crippen LogP contribution in [0.25, 0.3) is 0 Å². The van der Waals surface area contributed by atoms with E-state index in [1.807, 2.05) is 13.8 Å². The summed E-state index contributed by atoms with van der Waals surface area (Å²) in [7, 11) is 1.46. The molecule has 0 spiro atoms. The molecule has 3 N–H and O–H groups in total. The number of nitrogens with zero attached hydrogens (tertiary/aromatic N) is 1. The number of likely N-dealkylation sites (N-methyl/N-ethyl adjacent to an activating group) is 1. The molecule has 23 heavy (non-hydrogen) atoms. The van der Waals surface area contributed by atoms with Gasteiger partial charge in [0.25, 0.3) is 5.91 Å². The Labute approximate surface area is 134 Å². The van der Waals surface area contributed by atoms with Gasteiger partial charge in [0.2, 0.25) is 5.91 Å². The van der Waals surface area contributed by atoms with Gasteiger partial charge in [-0.2, -0.15) is 0 Å². The van der Waals surface area contributed by atoms with E-state index in [0.29, 0.717) is 11.8 Å². The second-order valence-electron chi connectivity index (χ2n) is 4.83. The zero-order valence-electron chi connectivity index (χ0n) is 13.6. The number of amides is 2. The van der Waals surface area contributed by atoms with E-state index in [1.54, 1.807) is 0 Å². The Bertz CT molecular complexity index is 604. The summed E-state index contributed by atoms with van der Waals surface area (Å²) < 4.78 is 13.4. The summed E-state index contributed by atoms with van der Waals surface area (Å²) in [6, 6.07) is 1.49. The van der Waals surface area contributed by atoms with Crippen molar-refractivity contribution in [3.8, 4) is 0 Å². The van der Waals surface area contributed by atoms with Crippen molar-refractivity contribution < 1.29 is 18.8 Å². The normalized spacial score (nSPS) is 13.7. The lowest BCUT2D eigenvalue weighted by molar-refractivity contribution is -0.125. The van der Waals surface area contributed by atoms with E-state index in [1.165, 1.54) is 11.9 Å². The van der Waals surface area contributed by atoms with Gasteiger partial charge in [-0.1, -0.05) is 13.8 Å². The highest BCUT2D eigenvalue weighted by Gasteiger charge is 2.37. The van der Waals surface area contributed by atoms with Crippen molar-refractivity contribution in [2.75, 3.05) is 12.8 Å². The molecule has 126 valence electrons. The molecule has 0 aromatic heterocycles. The second-order valence-corrected chi connectivity index (χ2v) is 4.83. The highest BCUT2D eigenvalue weighted by Crippen LogP contribution is 2.31. The minimum absolute atomic E-state index is 0.136. The van der Waals surface area contributed by atoms with Crippen molar-refractivity contribution in [1.82, 2.24) is 10.2 Å². The molecule has 0 saturated heterocycles. The minimum atomic E-state index is -0.775. The van der Waals surface area contributed by atoms with E-state index in [0.717, 1.165) is 12.1 Å². The van der Waals surface area contributed by atoms with Gasteiger partial charge in [0.05, 0.1) is 0 Å². The third-order valence-corrected chi connectivity index (χ3v) is 3.55. The molecule has 1 atom stereocenters. The Kier molecular flexibility index (Phi) is 6.68. The molecule has 1 heterocycles. The molecule has 1 aromatic carbocycles. The number of anilines is 1. The van der Waals surface area contributed by atoms with Crippen LogP contribution in [0, 0.1) is 5.82 Å². The summed E-state index contributed by atoms with van der Waals surface area (Å²) in [5.74, 6) is -1.40. The SMILES string of the molecule is CC.CNC(=O)C(CCC=O)N1Cc2c(N)cc(F)cc2C1=O. The van der Waals surface area contributed by atoms with E-state index < -0.39 is 17.8 Å². The van der Waals surface area contributed by atoms with Crippen LogP contribution in [0.2, 0.25) is 0 Å². The Morgan fingerprint density at radius 3 is 2.70 bits per heavy atom. The lowest BCUT2D eigenvalue weighted by Crippen LogP contribution is -2.46. The fourth-order valence-corrected chi connectivity index (χ4v) is 2.49. The van der Waals surface area contributed by atoms with Crippen LogP contribution >= 0.6 is 0 Å². The topological polar surface area (TPSA) is 92.5 Å². The summed E-state index contributed by atoms with van der Waals surface area (Å²) in [6.07, 6.45) is 1.06. The van der Waals surface area contributed by atoms with Gasteiger partial charge in [0, 0.05) is 36.8 Å². The van der Waals surface area contributed by atoms with Crippen LogP contribution in [-0.2, 0) is 16.1 Å². The largest absolute Gasteiger partial charge is 0.398 e. The molecule has 1 aromatic rings. The van der Waals surface area contributed by atoms with Gasteiger partial charge in [-0.25, -0.2) is 4.39 Å². The molecule has 0 bridgehead atoms. The maximum absolute atomic E-state index is 13.4. The van der Waals surface area contributed by atoms with Crippen LogP contribution in [0.3, 0.4) is 0 Å². The predicted octanol–water partition coefficient (Wildman–Crippen LogP) is 1.48. The molecule has 1 aliphatic heterocycles. The number of benzene rings is 1. The van der Waals surface area contributed by atoms with Crippen LogP contribution in [-0.4, -0.2) is 36.1 Å². The summed E-state index contributed by atoms with van der Waals surface area (Å²) in [5.41, 5.74) is 6.61. The standard InChI is InChI=1S/C14H16FN3O3.C2H6/c1-17-13(20)12(3-2-4-19)18-7-10-9(14(18)21)5-8(15)6-11(10)16;1-2/h4-6,12H,2-3,7,16H2,1H3,(H,17,20);1-2H3. The van der Waals surface area contributed by atoms with E-state index >= 15 is 0 Å². The number of nitrogens with one attached hydrogen (secondary N) is 1. The fourth-order valence-electron chi connectivity index (χ4n) is 2.49. The molecular weight excluding hydrogens is 301 g/mol. The Morgan fingerprint density at radius 1 is 1.48 bits per heavy atom. The molecule has 2 rings (SSSR count). The summed E-state index contributed by atoms with van der Waals surface area (Å²) in [4.78, 5) is 36.1. The lowest BCUT2D eigenvalue weighted by atomic mass is 10.1. The summed E-state index contributed by atoms with van der Waals surface area (Å²) in [6.45, 7) is 4.14. The molecule has 0 saturated carbocycles. The first-order valence-electron chi connectivity index (χ1n) is 7.53. The molecule has 0 fully saturated rings. The summed E-state index contributed by atoms with van der Waals surface area (Å²) in [5, 5.41) is 2.47. The minimum Gasteiger partial charge on any atom is -0.398 e. The van der Waals surface area contributed by atoms with Gasteiger partial charge in [-0.3, -0.25) is 9.59 Å². The Balaban J connectivity index is 0.00000127. The van der Waals surface area contributed by atoms with Crippen LogP contribution in [0.4, 0.5) is 10.1 Å². The van der Waals surface area contributed by atoms with Crippen molar-refractivity contribution in [3.05, 3.63) is 29.1 Å². The monoisotopic (exact) mass is 323 g/mol. The first-order valence-corrected chi connectivity index (χ1v) is 7.53. The van der Waals surface area contributed by atoms with Crippen molar-refractivity contribution in [3.63, 3.8) is 0 Å². The number of rotatable bonds is 5. The molecule has 1 aliphatic rings. The van der Waals surface area contributed by atoms with Gasteiger partial charge in [-0.05, 0) is 18.6 Å². The first kappa shape index (κ1) is 18.6. The third kappa shape index (κ3) is 3.85. The number of hydrogen-bond acceptors (Lipinski definition) is 4. The van der Waals surface area contributed by atoms with Crippen molar-refractivity contribution in [2.45, 2.75) is 39.3 Å². The number of hydrogen-bond donors (Lipinski definition) is 2. The number of aldehydes is 1. The maximum Gasteiger partial charge on any atom is 0.255 e. The van der Waals surface area contributed by atoms with Gasteiger partial charge >= 0.3 is 0 Å². The van der Waals surface area contributed by atoms with Crippen LogP contribution in [0.5, 0.6) is 0 Å². The second kappa shape index (κ2) is 8.26. The first-order chi connectivity index (χ1) is 11.0. The smallest absolute Gasteiger partial charge is 0.255 e. The van der Waals surface area contributed by atoms with E-state index in [4.69, 9.17) is 5.73 Å². The van der Waals surface area contributed by atoms with Crippen LogP contribution in [0.1, 0.15) is 42.6 Å². The van der Waals surface area contributed by atoms with Crippen LogP contribution in [0.15, 0.2) is 12.1 Å². The quantitative estimate of drug-likeness (QED) is 0.634.